The summed E-state index contributed by atoms with van der Waals surface area (Å²) in [6.45, 7) is 4.83. The summed E-state index contributed by atoms with van der Waals surface area (Å²) in [5.41, 5.74) is -0.788. The molecule has 1 amide bonds. The molecule has 0 bridgehead atoms. The molecular weight excluding hydrogens is 248 g/mol. The molecule has 0 aromatic carbocycles. The number of hydrogen-bond donors (Lipinski definition) is 2. The van der Waals surface area contributed by atoms with Crippen molar-refractivity contribution in [3.8, 4) is 0 Å². The van der Waals surface area contributed by atoms with E-state index in [2.05, 4.69) is 0 Å². The largest absolute Gasteiger partial charge is 0.481 e. The molecule has 104 valence electrons. The second-order valence-electron chi connectivity index (χ2n) is 5.43. The number of ether oxygens (including phenoxy) is 1. The van der Waals surface area contributed by atoms with Crippen LogP contribution in [0.2, 0.25) is 0 Å². The molecular formula is C11H17F2NO4. The summed E-state index contributed by atoms with van der Waals surface area (Å²) in [4.78, 5) is 22.0. The number of aliphatic carboxylic acids is 1. The highest BCUT2D eigenvalue weighted by molar-refractivity contribution is 5.72. The van der Waals surface area contributed by atoms with Crippen molar-refractivity contribution >= 4 is 12.1 Å². The number of carbonyl (C=O) groups excluding carboxylic acids is 1. The molecule has 1 rings (SSSR count). The van der Waals surface area contributed by atoms with Crippen molar-refractivity contribution < 1.29 is 28.2 Å². The highest BCUT2D eigenvalue weighted by Gasteiger charge is 2.52. The van der Waals surface area contributed by atoms with Gasteiger partial charge >= 0.3 is 12.1 Å². The Labute approximate surface area is 103 Å². The Morgan fingerprint density at radius 3 is 2.33 bits per heavy atom. The molecule has 2 N–H and O–H groups in total. The Balaban J connectivity index is 2.62. The molecule has 0 aromatic rings. The van der Waals surface area contributed by atoms with Gasteiger partial charge in [-0.3, -0.25) is 4.79 Å². The Hall–Kier alpha value is -1.40. The van der Waals surface area contributed by atoms with Gasteiger partial charge in [0.2, 0.25) is 0 Å². The zero-order valence-corrected chi connectivity index (χ0v) is 10.5. The maximum atomic E-state index is 13.5. The van der Waals surface area contributed by atoms with Crippen LogP contribution in [-0.2, 0) is 9.53 Å². The summed E-state index contributed by atoms with van der Waals surface area (Å²) < 4.78 is 31.8. The van der Waals surface area contributed by atoms with Crippen molar-refractivity contribution in [1.29, 1.82) is 0 Å². The average Bonchev–Trinajstić information content (AvgIpc) is 2.38. The first-order valence-electron chi connectivity index (χ1n) is 5.61. The molecule has 0 saturated heterocycles. The third-order valence-electron chi connectivity index (χ3n) is 2.59. The highest BCUT2D eigenvalue weighted by Crippen LogP contribution is 2.39. The molecule has 1 saturated carbocycles. The van der Waals surface area contributed by atoms with E-state index in [1.807, 2.05) is 5.32 Å². The molecule has 1 fully saturated rings. The molecule has 1 aliphatic rings. The number of amides is 1. The van der Waals surface area contributed by atoms with Crippen molar-refractivity contribution in [2.75, 3.05) is 0 Å². The molecule has 18 heavy (non-hydrogen) atoms. The van der Waals surface area contributed by atoms with E-state index in [-0.39, 0.29) is 6.42 Å². The van der Waals surface area contributed by atoms with Gasteiger partial charge in [-0.25, -0.2) is 13.6 Å². The van der Waals surface area contributed by atoms with Gasteiger partial charge in [-0.1, -0.05) is 0 Å². The monoisotopic (exact) mass is 265 g/mol. The second-order valence-corrected chi connectivity index (χ2v) is 5.43. The molecule has 1 aliphatic carbocycles. The number of alkyl carbamates (subject to hydrolysis) is 1. The van der Waals surface area contributed by atoms with Gasteiger partial charge in [-0.2, -0.15) is 0 Å². The lowest BCUT2D eigenvalue weighted by Crippen LogP contribution is -2.45. The van der Waals surface area contributed by atoms with E-state index in [4.69, 9.17) is 9.84 Å². The molecule has 0 aromatic heterocycles. The SMILES string of the molecule is CC(C)(C)OC(=O)N[C@H]1C[C@H](C(=O)O)CC1(F)F. The lowest BCUT2D eigenvalue weighted by molar-refractivity contribution is -0.142. The predicted molar refractivity (Wildman–Crippen MR) is 58.5 cm³/mol. The molecule has 5 nitrogen and oxygen atoms in total. The zero-order valence-electron chi connectivity index (χ0n) is 10.5. The van der Waals surface area contributed by atoms with Crippen molar-refractivity contribution in [2.45, 2.75) is 51.2 Å². The number of rotatable bonds is 2. The van der Waals surface area contributed by atoms with E-state index in [0.29, 0.717) is 0 Å². The Morgan fingerprint density at radius 2 is 1.94 bits per heavy atom. The fourth-order valence-corrected chi connectivity index (χ4v) is 1.81. The Bertz CT molecular complexity index is 351. The summed E-state index contributed by atoms with van der Waals surface area (Å²) in [6.07, 6.45) is -2.01. The molecule has 0 aliphatic heterocycles. The smallest absolute Gasteiger partial charge is 0.408 e. The molecule has 0 spiro atoms. The van der Waals surface area contributed by atoms with Crippen molar-refractivity contribution in [3.63, 3.8) is 0 Å². The quantitative estimate of drug-likeness (QED) is 0.800. The van der Waals surface area contributed by atoms with Crippen molar-refractivity contribution in [3.05, 3.63) is 0 Å². The van der Waals surface area contributed by atoms with E-state index < -0.39 is 42.0 Å². The van der Waals surface area contributed by atoms with Gasteiger partial charge in [-0.15, -0.1) is 0 Å². The van der Waals surface area contributed by atoms with Gasteiger partial charge < -0.3 is 15.2 Å². The Kier molecular flexibility index (Phi) is 3.83. The predicted octanol–water partition coefficient (Wildman–Crippen LogP) is 2.01. The lowest BCUT2D eigenvalue weighted by Gasteiger charge is -2.24. The van der Waals surface area contributed by atoms with E-state index >= 15 is 0 Å². The summed E-state index contributed by atoms with van der Waals surface area (Å²) >= 11 is 0. The number of halogens is 2. The first-order chi connectivity index (χ1) is 8.01. The number of carboxylic acid groups (broad SMARTS) is 1. The lowest BCUT2D eigenvalue weighted by atomic mass is 10.1. The van der Waals surface area contributed by atoms with Crippen LogP contribution in [0.1, 0.15) is 33.6 Å². The molecule has 0 unspecified atom stereocenters. The van der Waals surface area contributed by atoms with Gasteiger partial charge in [0.1, 0.15) is 5.60 Å². The molecule has 2 atom stereocenters. The fourth-order valence-electron chi connectivity index (χ4n) is 1.81. The van der Waals surface area contributed by atoms with Crippen LogP contribution in [0.25, 0.3) is 0 Å². The van der Waals surface area contributed by atoms with Crippen molar-refractivity contribution in [1.82, 2.24) is 5.32 Å². The first kappa shape index (κ1) is 14.7. The zero-order chi connectivity index (χ0) is 14.1. The minimum absolute atomic E-state index is 0.290. The summed E-state index contributed by atoms with van der Waals surface area (Å²) in [6, 6.07) is -1.49. The van der Waals surface area contributed by atoms with Crippen LogP contribution >= 0.6 is 0 Å². The number of carboxylic acids is 1. The van der Waals surface area contributed by atoms with E-state index in [9.17, 15) is 18.4 Å². The number of alkyl halides is 2. The van der Waals surface area contributed by atoms with Crippen LogP contribution in [0.5, 0.6) is 0 Å². The highest BCUT2D eigenvalue weighted by atomic mass is 19.3. The summed E-state index contributed by atoms with van der Waals surface area (Å²) in [7, 11) is 0. The van der Waals surface area contributed by atoms with Crippen LogP contribution in [0, 0.1) is 5.92 Å². The van der Waals surface area contributed by atoms with E-state index in [1.165, 1.54) is 0 Å². The normalized spacial score (nSPS) is 26.7. The topological polar surface area (TPSA) is 75.6 Å². The standard InChI is InChI=1S/C11H17F2NO4/c1-10(2,3)18-9(17)14-7-4-6(8(15)16)5-11(7,12)13/h6-7H,4-5H2,1-3H3,(H,14,17)(H,15,16)/t6-,7-/m0/s1. The van der Waals surface area contributed by atoms with Crippen LogP contribution in [0.3, 0.4) is 0 Å². The second kappa shape index (κ2) is 4.70. The summed E-state index contributed by atoms with van der Waals surface area (Å²) in [5.74, 6) is -5.64. The maximum absolute atomic E-state index is 13.5. The third-order valence-corrected chi connectivity index (χ3v) is 2.59. The molecule has 7 heteroatoms. The van der Waals surface area contributed by atoms with Gasteiger partial charge in [-0.05, 0) is 27.2 Å². The fraction of sp³-hybridized carbons (Fsp3) is 0.818. The first-order valence-corrected chi connectivity index (χ1v) is 5.61. The summed E-state index contributed by atoms with van der Waals surface area (Å²) in [5, 5.41) is 10.7. The maximum Gasteiger partial charge on any atom is 0.408 e. The van der Waals surface area contributed by atoms with Gasteiger partial charge in [0.25, 0.3) is 5.92 Å². The average molecular weight is 265 g/mol. The minimum Gasteiger partial charge on any atom is -0.481 e. The van der Waals surface area contributed by atoms with Crippen molar-refractivity contribution in [2.24, 2.45) is 5.92 Å². The third kappa shape index (κ3) is 3.82. The van der Waals surface area contributed by atoms with Crippen LogP contribution in [-0.4, -0.2) is 34.7 Å². The van der Waals surface area contributed by atoms with Gasteiger partial charge in [0, 0.05) is 6.42 Å². The van der Waals surface area contributed by atoms with Gasteiger partial charge in [0.05, 0.1) is 12.0 Å². The van der Waals surface area contributed by atoms with Gasteiger partial charge in [0.15, 0.2) is 0 Å². The van der Waals surface area contributed by atoms with Crippen LogP contribution in [0.4, 0.5) is 13.6 Å². The molecule has 0 heterocycles. The van der Waals surface area contributed by atoms with E-state index in [0.717, 1.165) is 0 Å². The van der Waals surface area contributed by atoms with Crippen LogP contribution in [0.15, 0.2) is 0 Å². The number of nitrogens with one attached hydrogen (secondary N) is 1. The minimum atomic E-state index is -3.22. The van der Waals surface area contributed by atoms with E-state index in [1.54, 1.807) is 20.8 Å². The number of carbonyl (C=O) groups is 2. The number of hydrogen-bond acceptors (Lipinski definition) is 3. The Morgan fingerprint density at radius 1 is 1.39 bits per heavy atom. The molecule has 0 radical (unpaired) electrons. The van der Waals surface area contributed by atoms with Crippen LogP contribution < -0.4 is 5.32 Å².